The monoisotopic (exact) mass is 392 g/mol. The van der Waals surface area contributed by atoms with E-state index in [1.54, 1.807) is 11.8 Å². The highest BCUT2D eigenvalue weighted by molar-refractivity contribution is 9.10. The van der Waals surface area contributed by atoms with E-state index in [1.807, 2.05) is 31.2 Å². The molecule has 0 spiro atoms. The number of rotatable bonds is 5. The van der Waals surface area contributed by atoms with Gasteiger partial charge in [-0.3, -0.25) is 4.79 Å². The highest BCUT2D eigenvalue weighted by Crippen LogP contribution is 2.30. The third-order valence-corrected chi connectivity index (χ3v) is 5.48. The quantitative estimate of drug-likeness (QED) is 0.749. The van der Waals surface area contributed by atoms with E-state index >= 15 is 0 Å². The normalized spacial score (nSPS) is 17.9. The molecule has 1 aliphatic rings. The highest BCUT2D eigenvalue weighted by atomic mass is 79.9. The molecule has 1 unspecified atom stereocenters. The Balaban J connectivity index is 0.00000220. The summed E-state index contributed by atoms with van der Waals surface area (Å²) in [5.74, 6) is 0.0882. The van der Waals surface area contributed by atoms with Gasteiger partial charge in [0.1, 0.15) is 0 Å². The molecule has 3 N–H and O–H groups in total. The van der Waals surface area contributed by atoms with Crippen LogP contribution in [0.4, 0.5) is 0 Å². The highest BCUT2D eigenvalue weighted by Gasteiger charge is 2.34. The fraction of sp³-hybridized carbons (Fsp3) is 0.533. The average molecular weight is 394 g/mol. The van der Waals surface area contributed by atoms with Crippen molar-refractivity contribution in [2.75, 3.05) is 6.54 Å². The molecule has 0 heterocycles. The van der Waals surface area contributed by atoms with Crippen LogP contribution in [0, 0.1) is 0 Å². The maximum Gasteiger partial charge on any atom is 0.233 e. The van der Waals surface area contributed by atoms with Crippen LogP contribution in [0.25, 0.3) is 0 Å². The molecule has 118 valence electrons. The topological polar surface area (TPSA) is 55.1 Å². The molecule has 0 aromatic heterocycles. The summed E-state index contributed by atoms with van der Waals surface area (Å²) in [6.45, 7) is 2.48. The Bertz CT molecular complexity index is 463. The molecule has 1 fully saturated rings. The van der Waals surface area contributed by atoms with Gasteiger partial charge in [0.05, 0.1) is 10.8 Å². The number of amides is 1. The van der Waals surface area contributed by atoms with Crippen molar-refractivity contribution >= 4 is 46.0 Å². The summed E-state index contributed by atoms with van der Waals surface area (Å²) in [5.41, 5.74) is 5.70. The summed E-state index contributed by atoms with van der Waals surface area (Å²) in [5, 5.41) is 3.07. The number of hydrogen-bond donors (Lipinski definition) is 2. The lowest BCUT2D eigenvalue weighted by atomic mass is 9.98. The van der Waals surface area contributed by atoms with Gasteiger partial charge in [-0.25, -0.2) is 0 Å². The van der Waals surface area contributed by atoms with Crippen molar-refractivity contribution in [1.29, 1.82) is 0 Å². The Kier molecular flexibility index (Phi) is 7.54. The third kappa shape index (κ3) is 5.16. The number of nitrogens with one attached hydrogen (secondary N) is 1. The van der Waals surface area contributed by atoms with E-state index in [1.165, 1.54) is 0 Å². The van der Waals surface area contributed by atoms with Crippen LogP contribution in [0.5, 0.6) is 0 Å². The van der Waals surface area contributed by atoms with Crippen molar-refractivity contribution in [3.05, 3.63) is 28.7 Å². The van der Waals surface area contributed by atoms with Crippen LogP contribution in [0.2, 0.25) is 0 Å². The SMILES string of the molecule is CC(Sc1ccc(Br)cc1)C(=O)NC1(CN)CCCC1.Cl. The largest absolute Gasteiger partial charge is 0.348 e. The number of carbonyl (C=O) groups is 1. The zero-order valence-electron chi connectivity index (χ0n) is 12.1. The first-order chi connectivity index (χ1) is 9.54. The summed E-state index contributed by atoms with van der Waals surface area (Å²) >= 11 is 4.99. The van der Waals surface area contributed by atoms with E-state index in [9.17, 15) is 4.79 Å². The van der Waals surface area contributed by atoms with Crippen molar-refractivity contribution in [3.8, 4) is 0 Å². The average Bonchev–Trinajstić information content (AvgIpc) is 2.90. The lowest BCUT2D eigenvalue weighted by molar-refractivity contribution is -0.122. The second-order valence-corrected chi connectivity index (χ2v) is 7.72. The Labute approximate surface area is 145 Å². The summed E-state index contributed by atoms with van der Waals surface area (Å²) in [7, 11) is 0. The van der Waals surface area contributed by atoms with Crippen molar-refractivity contribution in [3.63, 3.8) is 0 Å². The summed E-state index contributed by atoms with van der Waals surface area (Å²) < 4.78 is 1.05. The molecule has 0 saturated heterocycles. The number of hydrogen-bond acceptors (Lipinski definition) is 3. The van der Waals surface area contributed by atoms with Gasteiger partial charge in [0.15, 0.2) is 0 Å². The predicted molar refractivity (Wildman–Crippen MR) is 95.1 cm³/mol. The molecule has 1 amide bonds. The zero-order chi connectivity index (χ0) is 14.6. The molecule has 0 bridgehead atoms. The summed E-state index contributed by atoms with van der Waals surface area (Å²) in [6, 6.07) is 8.02. The van der Waals surface area contributed by atoms with Gasteiger partial charge in [0.25, 0.3) is 0 Å². The van der Waals surface area contributed by atoms with Gasteiger partial charge < -0.3 is 11.1 Å². The standard InChI is InChI=1S/C15H21BrN2OS.ClH/c1-11(20-13-6-4-12(16)5-7-13)14(19)18-15(10-17)8-2-3-9-15;/h4-7,11H,2-3,8-10,17H2,1H3,(H,18,19);1H. The second-order valence-electron chi connectivity index (χ2n) is 5.39. The molecule has 21 heavy (non-hydrogen) atoms. The molecule has 3 nitrogen and oxygen atoms in total. The Morgan fingerprint density at radius 1 is 1.38 bits per heavy atom. The minimum Gasteiger partial charge on any atom is -0.348 e. The number of benzene rings is 1. The van der Waals surface area contributed by atoms with Crippen LogP contribution in [0.1, 0.15) is 32.6 Å². The van der Waals surface area contributed by atoms with Gasteiger partial charge in [-0.2, -0.15) is 0 Å². The maximum absolute atomic E-state index is 12.3. The molecule has 1 atom stereocenters. The maximum atomic E-state index is 12.3. The van der Waals surface area contributed by atoms with E-state index in [-0.39, 0.29) is 29.1 Å². The first-order valence-corrected chi connectivity index (χ1v) is 8.66. The van der Waals surface area contributed by atoms with Gasteiger partial charge >= 0.3 is 0 Å². The van der Waals surface area contributed by atoms with Crippen LogP contribution in [-0.2, 0) is 4.79 Å². The van der Waals surface area contributed by atoms with Gasteiger partial charge in [-0.1, -0.05) is 28.8 Å². The molecule has 1 saturated carbocycles. The number of thioether (sulfide) groups is 1. The first-order valence-electron chi connectivity index (χ1n) is 6.99. The van der Waals surface area contributed by atoms with E-state index < -0.39 is 0 Å². The number of nitrogens with two attached hydrogens (primary N) is 1. The molecule has 1 aromatic carbocycles. The van der Waals surface area contributed by atoms with Crippen LogP contribution >= 0.6 is 40.1 Å². The molecule has 2 rings (SSSR count). The Hall–Kier alpha value is -0.230. The Morgan fingerprint density at radius 2 is 1.95 bits per heavy atom. The summed E-state index contributed by atoms with van der Waals surface area (Å²) in [6.07, 6.45) is 4.33. The van der Waals surface area contributed by atoms with E-state index in [0.29, 0.717) is 6.54 Å². The van der Waals surface area contributed by atoms with Crippen molar-refractivity contribution in [1.82, 2.24) is 5.32 Å². The third-order valence-electron chi connectivity index (χ3n) is 3.84. The number of halogens is 2. The predicted octanol–water partition coefficient (Wildman–Crippen LogP) is 3.74. The molecular formula is C15H22BrClN2OS. The molecule has 6 heteroatoms. The second kappa shape index (κ2) is 8.42. The van der Waals surface area contributed by atoms with E-state index in [0.717, 1.165) is 35.1 Å². The molecule has 0 aliphatic heterocycles. The van der Waals surface area contributed by atoms with Crippen molar-refractivity contribution in [2.45, 2.75) is 48.3 Å². The van der Waals surface area contributed by atoms with Gasteiger partial charge in [0.2, 0.25) is 5.91 Å². The number of carbonyl (C=O) groups excluding carboxylic acids is 1. The van der Waals surface area contributed by atoms with E-state index in [2.05, 4.69) is 21.2 Å². The lowest BCUT2D eigenvalue weighted by Gasteiger charge is -2.30. The first kappa shape index (κ1) is 18.8. The minimum atomic E-state index is -0.161. The molecular weight excluding hydrogens is 372 g/mol. The smallest absolute Gasteiger partial charge is 0.233 e. The molecule has 1 aromatic rings. The van der Waals surface area contributed by atoms with Gasteiger partial charge in [-0.05, 0) is 44.0 Å². The fourth-order valence-corrected chi connectivity index (χ4v) is 3.70. The minimum absolute atomic E-state index is 0. The van der Waals surface area contributed by atoms with Gasteiger partial charge in [-0.15, -0.1) is 24.2 Å². The van der Waals surface area contributed by atoms with Crippen LogP contribution in [0.3, 0.4) is 0 Å². The summed E-state index contributed by atoms with van der Waals surface area (Å²) in [4.78, 5) is 13.4. The van der Waals surface area contributed by atoms with Crippen LogP contribution in [-0.4, -0.2) is 23.2 Å². The van der Waals surface area contributed by atoms with Crippen LogP contribution in [0.15, 0.2) is 33.6 Å². The van der Waals surface area contributed by atoms with Crippen molar-refractivity contribution < 1.29 is 4.79 Å². The molecule has 1 aliphatic carbocycles. The Morgan fingerprint density at radius 3 is 2.48 bits per heavy atom. The lowest BCUT2D eigenvalue weighted by Crippen LogP contribution is -2.53. The van der Waals surface area contributed by atoms with Gasteiger partial charge in [0, 0.05) is 15.9 Å². The molecule has 0 radical (unpaired) electrons. The van der Waals surface area contributed by atoms with Crippen LogP contribution < -0.4 is 11.1 Å². The van der Waals surface area contributed by atoms with Crippen molar-refractivity contribution in [2.24, 2.45) is 5.73 Å². The van der Waals surface area contributed by atoms with E-state index in [4.69, 9.17) is 5.73 Å². The zero-order valence-corrected chi connectivity index (χ0v) is 15.3. The fourth-order valence-electron chi connectivity index (χ4n) is 2.57.